The number of nitrogens with one attached hydrogen (secondary N) is 1. The van der Waals surface area contributed by atoms with Gasteiger partial charge in [-0.25, -0.2) is 0 Å². The zero-order valence-electron chi connectivity index (χ0n) is 10.6. The first-order valence-electron chi connectivity index (χ1n) is 5.81. The van der Waals surface area contributed by atoms with E-state index in [0.717, 1.165) is 5.92 Å². The second-order valence-corrected chi connectivity index (χ2v) is 6.03. The van der Waals surface area contributed by atoms with E-state index >= 15 is 0 Å². The predicted molar refractivity (Wildman–Crippen MR) is 62.5 cm³/mol. The molecule has 2 nitrogen and oxygen atoms in total. The van der Waals surface area contributed by atoms with E-state index in [-0.39, 0.29) is 5.54 Å². The maximum atomic E-state index is 3.71. The van der Waals surface area contributed by atoms with E-state index in [9.17, 15) is 0 Å². The highest BCUT2D eigenvalue weighted by Gasteiger charge is 2.32. The minimum Gasteiger partial charge on any atom is -0.308 e. The van der Waals surface area contributed by atoms with Crippen molar-refractivity contribution in [2.75, 3.05) is 13.1 Å². The zero-order chi connectivity index (χ0) is 10.9. The molecular formula is C12H26N2. The largest absolute Gasteiger partial charge is 0.308 e. The van der Waals surface area contributed by atoms with Gasteiger partial charge in [-0.3, -0.25) is 4.90 Å². The lowest BCUT2D eigenvalue weighted by molar-refractivity contribution is 0.258. The molecule has 2 atom stereocenters. The average Bonchev–Trinajstić information content (AvgIpc) is 2.29. The molecule has 0 aliphatic carbocycles. The van der Waals surface area contributed by atoms with Crippen molar-refractivity contribution in [2.45, 2.75) is 59.2 Å². The Morgan fingerprint density at radius 2 is 1.79 bits per heavy atom. The normalized spacial score (nSPS) is 30.2. The standard InChI is InChI=1S/C12H26N2/c1-9(2)14-7-10(3)11(8-14)13-12(4,5)6/h9-11,13H,7-8H2,1-6H3/t10-,11-/m1/s1. The zero-order valence-corrected chi connectivity index (χ0v) is 10.6. The van der Waals surface area contributed by atoms with Crippen LogP contribution in [0, 0.1) is 5.92 Å². The second-order valence-electron chi connectivity index (χ2n) is 6.03. The third-order valence-electron chi connectivity index (χ3n) is 2.99. The molecule has 2 heteroatoms. The maximum absolute atomic E-state index is 3.71. The molecular weight excluding hydrogens is 172 g/mol. The SMILES string of the molecule is CC(C)N1C[C@@H](C)[C@H](NC(C)(C)C)C1. The lowest BCUT2D eigenvalue weighted by Gasteiger charge is -2.28. The van der Waals surface area contributed by atoms with E-state index in [0.29, 0.717) is 12.1 Å². The van der Waals surface area contributed by atoms with Crippen LogP contribution in [0.5, 0.6) is 0 Å². The molecule has 0 amide bonds. The predicted octanol–water partition coefficient (Wildman–Crippen LogP) is 2.10. The van der Waals surface area contributed by atoms with E-state index in [1.165, 1.54) is 13.1 Å². The van der Waals surface area contributed by atoms with Gasteiger partial charge in [0, 0.05) is 30.7 Å². The van der Waals surface area contributed by atoms with E-state index in [1.54, 1.807) is 0 Å². The summed E-state index contributed by atoms with van der Waals surface area (Å²) in [7, 11) is 0. The first-order valence-corrected chi connectivity index (χ1v) is 5.81. The molecule has 0 spiro atoms. The summed E-state index contributed by atoms with van der Waals surface area (Å²) in [5.74, 6) is 0.775. The van der Waals surface area contributed by atoms with Crippen LogP contribution < -0.4 is 5.32 Å². The molecule has 1 rings (SSSR count). The van der Waals surface area contributed by atoms with Crippen LogP contribution in [-0.2, 0) is 0 Å². The van der Waals surface area contributed by atoms with Crippen molar-refractivity contribution < 1.29 is 0 Å². The van der Waals surface area contributed by atoms with Gasteiger partial charge < -0.3 is 5.32 Å². The van der Waals surface area contributed by atoms with Crippen molar-refractivity contribution in [1.29, 1.82) is 0 Å². The molecule has 0 saturated carbocycles. The highest BCUT2D eigenvalue weighted by Crippen LogP contribution is 2.20. The van der Waals surface area contributed by atoms with Crippen molar-refractivity contribution in [3.05, 3.63) is 0 Å². The van der Waals surface area contributed by atoms with Crippen LogP contribution in [0.4, 0.5) is 0 Å². The van der Waals surface area contributed by atoms with Crippen molar-refractivity contribution >= 4 is 0 Å². The van der Waals surface area contributed by atoms with E-state index in [2.05, 4.69) is 51.8 Å². The lowest BCUT2D eigenvalue weighted by atomic mass is 10.0. The number of likely N-dealkylation sites (tertiary alicyclic amines) is 1. The highest BCUT2D eigenvalue weighted by molar-refractivity contribution is 4.91. The second kappa shape index (κ2) is 4.19. The van der Waals surface area contributed by atoms with Gasteiger partial charge in [-0.15, -0.1) is 0 Å². The van der Waals surface area contributed by atoms with Gasteiger partial charge in [-0.1, -0.05) is 6.92 Å². The Morgan fingerprint density at radius 1 is 1.21 bits per heavy atom. The first-order chi connectivity index (χ1) is 6.29. The topological polar surface area (TPSA) is 15.3 Å². The molecule has 1 N–H and O–H groups in total. The fourth-order valence-corrected chi connectivity index (χ4v) is 2.17. The number of nitrogens with zero attached hydrogens (tertiary/aromatic N) is 1. The summed E-state index contributed by atoms with van der Waals surface area (Å²) in [6.45, 7) is 16.1. The molecule has 0 aromatic rings. The Balaban J connectivity index is 2.49. The van der Waals surface area contributed by atoms with Gasteiger partial charge in [0.1, 0.15) is 0 Å². The van der Waals surface area contributed by atoms with Crippen LogP contribution in [0.1, 0.15) is 41.5 Å². The molecule has 0 bridgehead atoms. The molecule has 1 fully saturated rings. The fourth-order valence-electron chi connectivity index (χ4n) is 2.17. The van der Waals surface area contributed by atoms with Crippen LogP contribution in [-0.4, -0.2) is 35.6 Å². The summed E-state index contributed by atoms with van der Waals surface area (Å²) < 4.78 is 0. The summed E-state index contributed by atoms with van der Waals surface area (Å²) in [5, 5.41) is 3.71. The van der Waals surface area contributed by atoms with Crippen LogP contribution in [0.2, 0.25) is 0 Å². The number of hydrogen-bond acceptors (Lipinski definition) is 2. The van der Waals surface area contributed by atoms with Crippen molar-refractivity contribution in [2.24, 2.45) is 5.92 Å². The molecule has 0 radical (unpaired) electrons. The lowest BCUT2D eigenvalue weighted by Crippen LogP contribution is -2.47. The van der Waals surface area contributed by atoms with Gasteiger partial charge in [0.05, 0.1) is 0 Å². The molecule has 1 aliphatic heterocycles. The summed E-state index contributed by atoms with van der Waals surface area (Å²) in [6, 6.07) is 1.35. The van der Waals surface area contributed by atoms with Gasteiger partial charge >= 0.3 is 0 Å². The summed E-state index contributed by atoms with van der Waals surface area (Å²) in [5.41, 5.74) is 0.242. The van der Waals surface area contributed by atoms with Crippen molar-refractivity contribution in [1.82, 2.24) is 10.2 Å². The smallest absolute Gasteiger partial charge is 0.0237 e. The third kappa shape index (κ3) is 3.25. The minimum atomic E-state index is 0.242. The van der Waals surface area contributed by atoms with Gasteiger partial charge in [0.15, 0.2) is 0 Å². The third-order valence-corrected chi connectivity index (χ3v) is 2.99. The Morgan fingerprint density at radius 3 is 2.14 bits per heavy atom. The van der Waals surface area contributed by atoms with Crippen molar-refractivity contribution in [3.8, 4) is 0 Å². The quantitative estimate of drug-likeness (QED) is 0.731. The van der Waals surface area contributed by atoms with Gasteiger partial charge in [0.2, 0.25) is 0 Å². The Kier molecular flexibility index (Phi) is 3.59. The van der Waals surface area contributed by atoms with Crippen LogP contribution in [0.3, 0.4) is 0 Å². The molecule has 1 heterocycles. The van der Waals surface area contributed by atoms with Crippen LogP contribution in [0.25, 0.3) is 0 Å². The van der Waals surface area contributed by atoms with E-state index in [4.69, 9.17) is 0 Å². The molecule has 1 saturated heterocycles. The van der Waals surface area contributed by atoms with E-state index < -0.39 is 0 Å². The Labute approximate surface area is 89.1 Å². The van der Waals surface area contributed by atoms with Gasteiger partial charge in [0.25, 0.3) is 0 Å². The highest BCUT2D eigenvalue weighted by atomic mass is 15.2. The molecule has 0 unspecified atom stereocenters. The number of hydrogen-bond donors (Lipinski definition) is 1. The maximum Gasteiger partial charge on any atom is 0.0237 e. The average molecular weight is 198 g/mol. The number of rotatable bonds is 2. The monoisotopic (exact) mass is 198 g/mol. The van der Waals surface area contributed by atoms with Gasteiger partial charge in [-0.05, 0) is 40.5 Å². The molecule has 0 aromatic heterocycles. The molecule has 14 heavy (non-hydrogen) atoms. The van der Waals surface area contributed by atoms with Crippen LogP contribution >= 0.6 is 0 Å². The molecule has 0 aromatic carbocycles. The fraction of sp³-hybridized carbons (Fsp3) is 1.00. The Hall–Kier alpha value is -0.0800. The molecule has 1 aliphatic rings. The summed E-state index contributed by atoms with van der Waals surface area (Å²) in [4.78, 5) is 2.56. The van der Waals surface area contributed by atoms with Crippen LogP contribution in [0.15, 0.2) is 0 Å². The van der Waals surface area contributed by atoms with Gasteiger partial charge in [-0.2, -0.15) is 0 Å². The first kappa shape index (κ1) is 12.0. The minimum absolute atomic E-state index is 0.242. The summed E-state index contributed by atoms with van der Waals surface area (Å²) in [6.07, 6.45) is 0. The summed E-state index contributed by atoms with van der Waals surface area (Å²) >= 11 is 0. The van der Waals surface area contributed by atoms with E-state index in [1.807, 2.05) is 0 Å². The molecule has 84 valence electrons. The van der Waals surface area contributed by atoms with Crippen molar-refractivity contribution in [3.63, 3.8) is 0 Å². The Bertz CT molecular complexity index is 181.